The van der Waals surface area contributed by atoms with E-state index < -0.39 is 49.1 Å². The van der Waals surface area contributed by atoms with Gasteiger partial charge in [0, 0.05) is 18.5 Å². The number of alkyl halides is 1. The van der Waals surface area contributed by atoms with E-state index in [1.807, 2.05) is 5.32 Å². The standard InChI is InChI=1S/C21H28FN3O9/c22-10-12-34-14-6-4-13(5-7-14)18(28)23-11-2-1-3-15(19(29)30)24-21(33)25-16(20(31)32)8-9-17(26)27/h4-7,15-16H,1-3,8-12H2,(H,23,28)(H,26,27)(H,29,30)(H,31,32)(H2,24,25,33)/t15-,16?/m0/s1. The Balaban J connectivity index is 2.40. The van der Waals surface area contributed by atoms with Crippen LogP contribution in [0.4, 0.5) is 9.18 Å². The number of carbonyl (C=O) groups is 5. The molecule has 0 heterocycles. The lowest BCUT2D eigenvalue weighted by Crippen LogP contribution is -2.51. The molecule has 1 aromatic carbocycles. The molecule has 12 nitrogen and oxygen atoms in total. The Bertz CT molecular complexity index is 848. The van der Waals surface area contributed by atoms with Crippen molar-refractivity contribution in [3.63, 3.8) is 0 Å². The summed E-state index contributed by atoms with van der Waals surface area (Å²) >= 11 is 0. The summed E-state index contributed by atoms with van der Waals surface area (Å²) in [7, 11) is 0. The van der Waals surface area contributed by atoms with Crippen molar-refractivity contribution in [2.45, 2.75) is 44.2 Å². The number of aliphatic carboxylic acids is 3. The number of hydrogen-bond donors (Lipinski definition) is 6. The van der Waals surface area contributed by atoms with E-state index in [4.69, 9.17) is 14.9 Å². The van der Waals surface area contributed by atoms with Gasteiger partial charge in [0.1, 0.15) is 31.1 Å². The zero-order valence-electron chi connectivity index (χ0n) is 18.3. The van der Waals surface area contributed by atoms with Crippen molar-refractivity contribution >= 4 is 29.8 Å². The molecule has 0 aliphatic heterocycles. The number of carboxylic acids is 3. The van der Waals surface area contributed by atoms with Gasteiger partial charge in [0.15, 0.2) is 0 Å². The van der Waals surface area contributed by atoms with Crippen LogP contribution in [0.15, 0.2) is 24.3 Å². The Kier molecular flexibility index (Phi) is 12.4. The highest BCUT2D eigenvalue weighted by atomic mass is 19.1. The Morgan fingerprint density at radius 3 is 2.00 bits per heavy atom. The van der Waals surface area contributed by atoms with Crippen LogP contribution in [-0.2, 0) is 14.4 Å². The van der Waals surface area contributed by atoms with Crippen LogP contribution in [0.1, 0.15) is 42.5 Å². The molecule has 1 aromatic rings. The topological polar surface area (TPSA) is 191 Å². The van der Waals surface area contributed by atoms with E-state index in [2.05, 4.69) is 10.6 Å². The van der Waals surface area contributed by atoms with Crippen LogP contribution in [0.25, 0.3) is 0 Å². The van der Waals surface area contributed by atoms with Crippen molar-refractivity contribution in [1.29, 1.82) is 0 Å². The zero-order chi connectivity index (χ0) is 25.5. The predicted octanol–water partition coefficient (Wildman–Crippen LogP) is 1.01. The second-order valence-corrected chi connectivity index (χ2v) is 7.15. The fraction of sp³-hybridized carbons (Fsp3) is 0.476. The lowest BCUT2D eigenvalue weighted by atomic mass is 10.1. The van der Waals surface area contributed by atoms with Crippen LogP contribution in [0.2, 0.25) is 0 Å². The maximum atomic E-state index is 12.1. The van der Waals surface area contributed by atoms with Crippen molar-refractivity contribution in [3.8, 4) is 5.75 Å². The number of rotatable bonds is 16. The summed E-state index contributed by atoms with van der Waals surface area (Å²) in [6.45, 7) is -0.460. The summed E-state index contributed by atoms with van der Waals surface area (Å²) in [6.07, 6.45) is -0.0842. The second-order valence-electron chi connectivity index (χ2n) is 7.15. The first-order valence-electron chi connectivity index (χ1n) is 10.5. The highest BCUT2D eigenvalue weighted by Crippen LogP contribution is 2.12. The predicted molar refractivity (Wildman–Crippen MR) is 115 cm³/mol. The van der Waals surface area contributed by atoms with Gasteiger partial charge in [-0.15, -0.1) is 0 Å². The van der Waals surface area contributed by atoms with E-state index in [1.165, 1.54) is 24.3 Å². The van der Waals surface area contributed by atoms with Gasteiger partial charge in [0.05, 0.1) is 0 Å². The fourth-order valence-corrected chi connectivity index (χ4v) is 2.78. The Labute approximate surface area is 194 Å². The van der Waals surface area contributed by atoms with Gasteiger partial charge in [-0.2, -0.15) is 0 Å². The van der Waals surface area contributed by atoms with E-state index in [9.17, 15) is 33.5 Å². The minimum Gasteiger partial charge on any atom is -0.491 e. The molecule has 13 heteroatoms. The number of halogens is 1. The Morgan fingerprint density at radius 2 is 1.47 bits per heavy atom. The largest absolute Gasteiger partial charge is 0.491 e. The van der Waals surface area contributed by atoms with Crippen molar-refractivity contribution in [3.05, 3.63) is 29.8 Å². The van der Waals surface area contributed by atoms with Gasteiger partial charge in [0.2, 0.25) is 0 Å². The fourth-order valence-electron chi connectivity index (χ4n) is 2.78. The zero-order valence-corrected chi connectivity index (χ0v) is 18.3. The first kappa shape index (κ1) is 28.1. The molecule has 0 aliphatic rings. The van der Waals surface area contributed by atoms with E-state index in [0.29, 0.717) is 24.2 Å². The van der Waals surface area contributed by atoms with Crippen molar-refractivity contribution in [2.24, 2.45) is 0 Å². The molecule has 6 N–H and O–H groups in total. The Hall–Kier alpha value is -3.90. The number of hydrogen-bond acceptors (Lipinski definition) is 6. The number of amides is 3. The molecule has 0 fully saturated rings. The maximum Gasteiger partial charge on any atom is 0.326 e. The number of nitrogens with one attached hydrogen (secondary N) is 3. The van der Waals surface area contributed by atoms with Crippen LogP contribution >= 0.6 is 0 Å². The van der Waals surface area contributed by atoms with E-state index >= 15 is 0 Å². The van der Waals surface area contributed by atoms with Gasteiger partial charge in [-0.3, -0.25) is 9.59 Å². The first-order valence-corrected chi connectivity index (χ1v) is 10.5. The summed E-state index contributed by atoms with van der Waals surface area (Å²) in [6, 6.07) is 2.29. The lowest BCUT2D eigenvalue weighted by molar-refractivity contribution is -0.140. The third-order valence-corrected chi connectivity index (χ3v) is 4.52. The summed E-state index contributed by atoms with van der Waals surface area (Å²) in [5, 5.41) is 33.8. The smallest absolute Gasteiger partial charge is 0.326 e. The lowest BCUT2D eigenvalue weighted by Gasteiger charge is -2.18. The molecular formula is C21H28FN3O9. The van der Waals surface area contributed by atoms with Gasteiger partial charge in [-0.05, 0) is 49.9 Å². The van der Waals surface area contributed by atoms with Gasteiger partial charge in [-0.1, -0.05) is 0 Å². The monoisotopic (exact) mass is 485 g/mol. The Morgan fingerprint density at radius 1 is 0.882 bits per heavy atom. The molecule has 0 aromatic heterocycles. The second kappa shape index (κ2) is 15.0. The quantitative estimate of drug-likeness (QED) is 0.185. The van der Waals surface area contributed by atoms with E-state index in [1.54, 1.807) is 0 Å². The molecule has 0 radical (unpaired) electrons. The van der Waals surface area contributed by atoms with Crippen LogP contribution in [0, 0.1) is 0 Å². The van der Waals surface area contributed by atoms with Gasteiger partial charge < -0.3 is 36.0 Å². The molecule has 34 heavy (non-hydrogen) atoms. The molecule has 1 rings (SSSR count). The van der Waals surface area contributed by atoms with E-state index in [0.717, 1.165) is 0 Å². The number of unbranched alkanes of at least 4 members (excludes halogenated alkanes) is 1. The van der Waals surface area contributed by atoms with Gasteiger partial charge in [0.25, 0.3) is 5.91 Å². The summed E-state index contributed by atoms with van der Waals surface area (Å²) in [5.41, 5.74) is 0.366. The van der Waals surface area contributed by atoms with Gasteiger partial charge >= 0.3 is 23.9 Å². The minimum absolute atomic E-state index is 0.0199. The average molecular weight is 485 g/mol. The van der Waals surface area contributed by atoms with Crippen LogP contribution in [0.3, 0.4) is 0 Å². The highest BCUT2D eigenvalue weighted by molar-refractivity contribution is 5.94. The maximum absolute atomic E-state index is 12.1. The van der Waals surface area contributed by atoms with Crippen LogP contribution in [-0.4, -0.2) is 77.1 Å². The number of ether oxygens (including phenoxy) is 1. The van der Waals surface area contributed by atoms with Crippen molar-refractivity contribution in [2.75, 3.05) is 19.8 Å². The molecule has 0 saturated carbocycles. The highest BCUT2D eigenvalue weighted by Gasteiger charge is 2.24. The third-order valence-electron chi connectivity index (χ3n) is 4.52. The number of benzene rings is 1. The molecule has 0 aliphatic carbocycles. The van der Waals surface area contributed by atoms with Crippen LogP contribution in [0.5, 0.6) is 5.75 Å². The molecule has 3 amide bonds. The van der Waals surface area contributed by atoms with Crippen molar-refractivity contribution < 1.29 is 48.4 Å². The molecule has 0 saturated heterocycles. The van der Waals surface area contributed by atoms with Gasteiger partial charge in [-0.25, -0.2) is 18.8 Å². The minimum atomic E-state index is -1.48. The molecule has 0 bridgehead atoms. The van der Waals surface area contributed by atoms with Crippen LogP contribution < -0.4 is 20.7 Å². The molecule has 0 spiro atoms. The van der Waals surface area contributed by atoms with Crippen molar-refractivity contribution in [1.82, 2.24) is 16.0 Å². The van der Waals surface area contributed by atoms with E-state index in [-0.39, 0.29) is 31.9 Å². The molecule has 188 valence electrons. The molecular weight excluding hydrogens is 457 g/mol. The normalized spacial score (nSPS) is 12.1. The number of carboxylic acid groups (broad SMARTS) is 3. The first-order chi connectivity index (χ1) is 16.1. The summed E-state index contributed by atoms with van der Waals surface area (Å²) < 4.78 is 17.2. The molecule has 2 atom stereocenters. The SMILES string of the molecule is O=C(O)CCC(NC(=O)N[C@@H](CCCCNC(=O)c1ccc(OCCF)cc1)C(=O)O)C(=O)O. The summed E-state index contributed by atoms with van der Waals surface area (Å²) in [4.78, 5) is 57.2. The number of carbonyl (C=O) groups excluding carboxylic acids is 2. The average Bonchev–Trinajstić information content (AvgIpc) is 2.79. The third kappa shape index (κ3) is 11.1. The molecule has 1 unspecified atom stereocenters. The summed E-state index contributed by atoms with van der Waals surface area (Å²) in [5.74, 6) is -3.93. The number of urea groups is 1.